The van der Waals surface area contributed by atoms with Gasteiger partial charge in [-0.2, -0.15) is 0 Å². The zero-order chi connectivity index (χ0) is 15.0. The van der Waals surface area contributed by atoms with E-state index in [1.165, 1.54) is 10.7 Å². The van der Waals surface area contributed by atoms with Gasteiger partial charge in [-0.05, 0) is 57.4 Å². The van der Waals surface area contributed by atoms with Gasteiger partial charge in [0, 0.05) is 5.56 Å². The molecule has 0 spiro atoms. The molecule has 1 N–H and O–H groups in total. The Balaban J connectivity index is 1.94. The smallest absolute Gasteiger partial charge is 0.311 e. The number of halogens is 2. The molecule has 1 aliphatic rings. The van der Waals surface area contributed by atoms with Gasteiger partial charge in [-0.15, -0.1) is 5.10 Å². The van der Waals surface area contributed by atoms with E-state index in [1.807, 2.05) is 0 Å². The van der Waals surface area contributed by atoms with Crippen LogP contribution in [-0.4, -0.2) is 31.3 Å². The minimum absolute atomic E-state index is 0.222. The quantitative estimate of drug-likeness (QED) is 0.912. The molecule has 0 atom stereocenters. The summed E-state index contributed by atoms with van der Waals surface area (Å²) in [6.07, 6.45) is 2.13. The van der Waals surface area contributed by atoms with E-state index in [0.717, 1.165) is 6.42 Å². The zero-order valence-electron chi connectivity index (χ0n) is 11.0. The van der Waals surface area contributed by atoms with Gasteiger partial charge in [0.05, 0.1) is 16.4 Å². The first-order valence-corrected chi connectivity index (χ1v) is 7.26. The molecule has 0 unspecified atom stereocenters. The van der Waals surface area contributed by atoms with Crippen molar-refractivity contribution in [2.75, 3.05) is 0 Å². The zero-order valence-corrected chi connectivity index (χ0v) is 12.5. The van der Waals surface area contributed by atoms with Crippen LogP contribution >= 0.6 is 15.9 Å². The molecule has 0 amide bonds. The maximum Gasteiger partial charge on any atom is 0.311 e. The van der Waals surface area contributed by atoms with Crippen LogP contribution in [0, 0.1) is 11.2 Å². The predicted molar refractivity (Wildman–Crippen MR) is 74.8 cm³/mol. The molecule has 6 nitrogen and oxygen atoms in total. The Kier molecular flexibility index (Phi) is 3.48. The van der Waals surface area contributed by atoms with Gasteiger partial charge in [-0.3, -0.25) is 4.79 Å². The van der Waals surface area contributed by atoms with Crippen LogP contribution in [0.25, 0.3) is 11.4 Å². The van der Waals surface area contributed by atoms with Crippen molar-refractivity contribution in [3.05, 3.63) is 28.5 Å². The maximum atomic E-state index is 13.3. The van der Waals surface area contributed by atoms with Crippen LogP contribution in [0.2, 0.25) is 0 Å². The lowest BCUT2D eigenvalue weighted by Gasteiger charge is -2.37. The lowest BCUT2D eigenvalue weighted by molar-refractivity contribution is -0.156. The van der Waals surface area contributed by atoms with E-state index in [-0.39, 0.29) is 12.4 Å². The van der Waals surface area contributed by atoms with Crippen molar-refractivity contribution < 1.29 is 14.3 Å². The minimum Gasteiger partial charge on any atom is -0.481 e. The molecule has 1 saturated carbocycles. The van der Waals surface area contributed by atoms with Gasteiger partial charge < -0.3 is 5.11 Å². The largest absolute Gasteiger partial charge is 0.481 e. The fraction of sp³-hybridized carbons (Fsp3) is 0.385. The molecule has 8 heteroatoms. The Labute approximate surface area is 128 Å². The first kappa shape index (κ1) is 14.1. The molecule has 0 saturated heterocycles. The minimum atomic E-state index is -0.824. The van der Waals surface area contributed by atoms with E-state index in [1.54, 1.807) is 12.1 Å². The lowest BCUT2D eigenvalue weighted by atomic mass is 9.69. The Hall–Kier alpha value is -1.83. The summed E-state index contributed by atoms with van der Waals surface area (Å²) in [5, 5.41) is 20.8. The topological polar surface area (TPSA) is 80.9 Å². The van der Waals surface area contributed by atoms with E-state index in [0.29, 0.717) is 28.7 Å². The van der Waals surface area contributed by atoms with Crippen LogP contribution in [-0.2, 0) is 11.3 Å². The number of aromatic nitrogens is 4. The van der Waals surface area contributed by atoms with Gasteiger partial charge in [-0.25, -0.2) is 9.07 Å². The molecule has 1 aromatic heterocycles. The Morgan fingerprint density at radius 1 is 1.48 bits per heavy atom. The lowest BCUT2D eigenvalue weighted by Crippen LogP contribution is -2.42. The van der Waals surface area contributed by atoms with Crippen LogP contribution < -0.4 is 0 Å². The van der Waals surface area contributed by atoms with Gasteiger partial charge in [0.15, 0.2) is 5.82 Å². The van der Waals surface area contributed by atoms with Crippen molar-refractivity contribution in [1.29, 1.82) is 0 Å². The number of carboxylic acid groups (broad SMARTS) is 1. The molecule has 0 aliphatic heterocycles. The number of hydrogen-bond acceptors (Lipinski definition) is 4. The number of tetrazole rings is 1. The summed E-state index contributed by atoms with van der Waals surface area (Å²) in [5.74, 6) is -0.766. The molecule has 1 aliphatic carbocycles. The molecule has 0 radical (unpaired) electrons. The Bertz CT molecular complexity index is 699. The fourth-order valence-corrected chi connectivity index (χ4v) is 2.86. The number of benzene rings is 1. The van der Waals surface area contributed by atoms with E-state index >= 15 is 0 Å². The van der Waals surface area contributed by atoms with Crippen molar-refractivity contribution >= 4 is 21.9 Å². The highest BCUT2D eigenvalue weighted by Crippen LogP contribution is 2.43. The summed E-state index contributed by atoms with van der Waals surface area (Å²) < 4.78 is 15.1. The first-order valence-electron chi connectivity index (χ1n) is 6.47. The second-order valence-electron chi connectivity index (χ2n) is 5.23. The molecule has 1 heterocycles. The molecule has 2 aromatic rings. The van der Waals surface area contributed by atoms with Gasteiger partial charge in [0.25, 0.3) is 0 Å². The number of carbonyl (C=O) groups is 1. The average Bonchev–Trinajstić information content (AvgIpc) is 2.84. The summed E-state index contributed by atoms with van der Waals surface area (Å²) in [7, 11) is 0. The molecular formula is C13H12BrFN4O2. The van der Waals surface area contributed by atoms with Crippen molar-refractivity contribution in [1.82, 2.24) is 20.2 Å². The second-order valence-corrected chi connectivity index (χ2v) is 6.08. The third-order valence-corrected chi connectivity index (χ3v) is 4.53. The van der Waals surface area contributed by atoms with Gasteiger partial charge in [-0.1, -0.05) is 6.42 Å². The molecule has 1 fully saturated rings. The first-order chi connectivity index (χ1) is 10.0. The van der Waals surface area contributed by atoms with Crippen LogP contribution in [0.3, 0.4) is 0 Å². The molecule has 1 aromatic carbocycles. The number of aliphatic carboxylic acids is 1. The summed E-state index contributed by atoms with van der Waals surface area (Å²) in [5.41, 5.74) is -0.158. The average molecular weight is 355 g/mol. The van der Waals surface area contributed by atoms with Crippen LogP contribution in [0.4, 0.5) is 4.39 Å². The third-order valence-electron chi connectivity index (χ3n) is 3.93. The Morgan fingerprint density at radius 2 is 2.24 bits per heavy atom. The second kappa shape index (κ2) is 5.18. The molecular weight excluding hydrogens is 343 g/mol. The third kappa shape index (κ3) is 2.44. The normalized spacial score (nSPS) is 16.5. The number of rotatable bonds is 4. The van der Waals surface area contributed by atoms with Gasteiger partial charge in [0.2, 0.25) is 0 Å². The molecule has 110 valence electrons. The molecule has 21 heavy (non-hydrogen) atoms. The van der Waals surface area contributed by atoms with Crippen LogP contribution in [0.5, 0.6) is 0 Å². The summed E-state index contributed by atoms with van der Waals surface area (Å²) in [6.45, 7) is 0.222. The van der Waals surface area contributed by atoms with Gasteiger partial charge >= 0.3 is 5.97 Å². The van der Waals surface area contributed by atoms with E-state index in [9.17, 15) is 14.3 Å². The van der Waals surface area contributed by atoms with Crippen molar-refractivity contribution in [3.63, 3.8) is 0 Å². The SMILES string of the molecule is O=C(O)C1(Cn2nnnc2-c2ccc(F)c(Br)c2)CCC1. The summed E-state index contributed by atoms with van der Waals surface area (Å²) >= 11 is 3.12. The fourth-order valence-electron chi connectivity index (χ4n) is 2.48. The number of nitrogens with zero attached hydrogens (tertiary/aromatic N) is 4. The molecule has 3 rings (SSSR count). The molecule has 0 bridgehead atoms. The standard InChI is InChI=1S/C13H12BrFN4O2/c14-9-6-8(2-3-10(9)15)11-16-17-18-19(11)7-13(12(20)21)4-1-5-13/h2-3,6H,1,4-5,7H2,(H,20,21). The number of carboxylic acids is 1. The van der Waals surface area contributed by atoms with E-state index in [2.05, 4.69) is 31.5 Å². The Morgan fingerprint density at radius 3 is 2.81 bits per heavy atom. The highest BCUT2D eigenvalue weighted by atomic mass is 79.9. The predicted octanol–water partition coefficient (Wildman–Crippen LogP) is 2.50. The summed E-state index contributed by atoms with van der Waals surface area (Å²) in [4.78, 5) is 11.4. The maximum absolute atomic E-state index is 13.3. The monoisotopic (exact) mass is 354 g/mol. The van der Waals surface area contributed by atoms with Crippen molar-refractivity contribution in [3.8, 4) is 11.4 Å². The van der Waals surface area contributed by atoms with Gasteiger partial charge in [0.1, 0.15) is 5.82 Å². The van der Waals surface area contributed by atoms with Crippen molar-refractivity contribution in [2.45, 2.75) is 25.8 Å². The van der Waals surface area contributed by atoms with Crippen molar-refractivity contribution in [2.24, 2.45) is 5.41 Å². The van der Waals surface area contributed by atoms with Crippen LogP contribution in [0.1, 0.15) is 19.3 Å². The highest BCUT2D eigenvalue weighted by molar-refractivity contribution is 9.10. The van der Waals surface area contributed by atoms with Crippen LogP contribution in [0.15, 0.2) is 22.7 Å². The van der Waals surface area contributed by atoms with E-state index < -0.39 is 11.4 Å². The van der Waals surface area contributed by atoms with E-state index in [4.69, 9.17) is 0 Å². The number of hydrogen-bond donors (Lipinski definition) is 1. The summed E-state index contributed by atoms with van der Waals surface area (Å²) in [6, 6.07) is 4.46. The highest BCUT2D eigenvalue weighted by Gasteiger charge is 2.45.